The molecule has 128 valence electrons. The van der Waals surface area contributed by atoms with Crippen LogP contribution in [0.5, 0.6) is 0 Å². The van der Waals surface area contributed by atoms with Crippen molar-refractivity contribution in [1.29, 1.82) is 0 Å². The van der Waals surface area contributed by atoms with Gasteiger partial charge in [0.15, 0.2) is 0 Å². The summed E-state index contributed by atoms with van der Waals surface area (Å²) in [4.78, 5) is 12.0. The van der Waals surface area contributed by atoms with E-state index in [1.54, 1.807) is 24.4 Å². The molecule has 0 aliphatic heterocycles. The Labute approximate surface area is 139 Å². The highest BCUT2D eigenvalue weighted by molar-refractivity contribution is 5.88. The summed E-state index contributed by atoms with van der Waals surface area (Å²) in [5.41, 5.74) is 0.807. The molecule has 6 nitrogen and oxygen atoms in total. The second-order valence-electron chi connectivity index (χ2n) is 6.15. The fourth-order valence-electron chi connectivity index (χ4n) is 3.02. The van der Waals surface area contributed by atoms with Gasteiger partial charge in [-0.25, -0.2) is 13.9 Å². The molecule has 1 fully saturated rings. The van der Waals surface area contributed by atoms with Crippen molar-refractivity contribution in [1.82, 2.24) is 15.1 Å². The van der Waals surface area contributed by atoms with Crippen LogP contribution >= 0.6 is 0 Å². The Morgan fingerprint density at radius 2 is 2.21 bits per heavy atom. The van der Waals surface area contributed by atoms with Crippen molar-refractivity contribution in [2.45, 2.75) is 31.8 Å². The first-order valence-corrected chi connectivity index (χ1v) is 8.14. The van der Waals surface area contributed by atoms with Gasteiger partial charge in [0.2, 0.25) is 0 Å². The zero-order valence-corrected chi connectivity index (χ0v) is 13.3. The van der Waals surface area contributed by atoms with Crippen molar-refractivity contribution in [2.24, 2.45) is 5.92 Å². The molecule has 1 aliphatic carbocycles. The van der Waals surface area contributed by atoms with Crippen LogP contribution in [-0.4, -0.2) is 33.6 Å². The van der Waals surface area contributed by atoms with Gasteiger partial charge in [-0.15, -0.1) is 0 Å². The highest BCUT2D eigenvalue weighted by atomic mass is 19.1. The van der Waals surface area contributed by atoms with E-state index in [0.29, 0.717) is 23.8 Å². The first-order valence-electron chi connectivity index (χ1n) is 8.14. The van der Waals surface area contributed by atoms with Gasteiger partial charge in [0.1, 0.15) is 11.5 Å². The van der Waals surface area contributed by atoms with Gasteiger partial charge in [-0.05, 0) is 37.3 Å². The van der Waals surface area contributed by atoms with Crippen molar-refractivity contribution >= 4 is 11.7 Å². The number of benzene rings is 1. The van der Waals surface area contributed by atoms with E-state index in [0.717, 1.165) is 25.7 Å². The third kappa shape index (κ3) is 4.11. The minimum Gasteiger partial charge on any atom is -0.393 e. The second kappa shape index (κ2) is 7.44. The number of hydrogen-bond donors (Lipinski definition) is 3. The van der Waals surface area contributed by atoms with Crippen LogP contribution < -0.4 is 10.6 Å². The van der Waals surface area contributed by atoms with Crippen LogP contribution in [-0.2, 0) is 0 Å². The number of nitrogens with one attached hydrogen (secondary N) is 2. The van der Waals surface area contributed by atoms with E-state index < -0.39 is 0 Å². The number of carbonyl (C=O) groups is 1. The molecule has 24 heavy (non-hydrogen) atoms. The van der Waals surface area contributed by atoms with Crippen molar-refractivity contribution in [2.75, 3.05) is 11.9 Å². The molecule has 0 saturated heterocycles. The number of hydrogen-bond acceptors (Lipinski definition) is 3. The van der Waals surface area contributed by atoms with Gasteiger partial charge in [-0.1, -0.05) is 18.6 Å². The van der Waals surface area contributed by atoms with Crippen LogP contribution in [0.1, 0.15) is 25.7 Å². The van der Waals surface area contributed by atoms with Gasteiger partial charge in [-0.2, -0.15) is 5.10 Å². The predicted octanol–water partition coefficient (Wildman–Crippen LogP) is 2.68. The maximum absolute atomic E-state index is 13.7. The Kier molecular flexibility index (Phi) is 5.10. The summed E-state index contributed by atoms with van der Waals surface area (Å²) in [5.74, 6) is -0.0758. The first kappa shape index (κ1) is 16.4. The number of aliphatic hydroxyl groups excluding tert-OH is 1. The Hall–Kier alpha value is -2.41. The fraction of sp³-hybridized carbons (Fsp3) is 0.412. The topological polar surface area (TPSA) is 79.2 Å². The number of aromatic nitrogens is 2. The molecule has 2 amide bonds. The molecule has 2 atom stereocenters. The highest BCUT2D eigenvalue weighted by Gasteiger charge is 2.20. The Morgan fingerprint density at radius 1 is 1.38 bits per heavy atom. The van der Waals surface area contributed by atoms with Crippen LogP contribution in [0.4, 0.5) is 14.9 Å². The average molecular weight is 332 g/mol. The molecule has 3 rings (SSSR count). The molecular weight excluding hydrogens is 311 g/mol. The summed E-state index contributed by atoms with van der Waals surface area (Å²) in [7, 11) is 0. The molecule has 1 aliphatic rings. The molecule has 0 spiro atoms. The van der Waals surface area contributed by atoms with Crippen molar-refractivity contribution in [3.8, 4) is 5.69 Å². The van der Waals surface area contributed by atoms with Crippen LogP contribution in [0.15, 0.2) is 36.7 Å². The molecule has 1 aromatic heterocycles. The van der Waals surface area contributed by atoms with E-state index in [-0.39, 0.29) is 18.0 Å². The van der Waals surface area contributed by atoms with Gasteiger partial charge < -0.3 is 15.7 Å². The summed E-state index contributed by atoms with van der Waals surface area (Å²) in [5, 5.41) is 19.2. The molecule has 2 unspecified atom stereocenters. The molecular formula is C17H21FN4O2. The quantitative estimate of drug-likeness (QED) is 0.805. The standard InChI is InChI=1S/C17H21FN4O2/c18-15-6-1-2-7-16(15)22-11-13(10-20-22)21-17(24)19-9-12-4-3-5-14(23)8-12/h1-2,6-7,10-12,14,23H,3-5,8-9H2,(H2,19,21,24). The van der Waals surface area contributed by atoms with Crippen LogP contribution in [0, 0.1) is 11.7 Å². The predicted molar refractivity (Wildman–Crippen MR) is 88.5 cm³/mol. The Bertz CT molecular complexity index is 703. The van der Waals surface area contributed by atoms with Gasteiger partial charge >= 0.3 is 6.03 Å². The van der Waals surface area contributed by atoms with E-state index in [1.165, 1.54) is 16.9 Å². The minimum atomic E-state index is -0.382. The van der Waals surface area contributed by atoms with E-state index >= 15 is 0 Å². The van der Waals surface area contributed by atoms with Gasteiger partial charge in [-0.3, -0.25) is 0 Å². The van der Waals surface area contributed by atoms with Crippen molar-refractivity contribution in [3.05, 3.63) is 42.5 Å². The van der Waals surface area contributed by atoms with Crippen molar-refractivity contribution < 1.29 is 14.3 Å². The number of anilines is 1. The molecule has 3 N–H and O–H groups in total. The molecule has 1 aromatic carbocycles. The lowest BCUT2D eigenvalue weighted by molar-refractivity contribution is 0.101. The zero-order valence-electron chi connectivity index (χ0n) is 13.3. The average Bonchev–Trinajstić information content (AvgIpc) is 3.02. The fourth-order valence-corrected chi connectivity index (χ4v) is 3.02. The molecule has 2 aromatic rings. The molecule has 1 saturated carbocycles. The summed E-state index contributed by atoms with van der Waals surface area (Å²) >= 11 is 0. The van der Waals surface area contributed by atoms with Crippen LogP contribution in [0.3, 0.4) is 0 Å². The second-order valence-corrected chi connectivity index (χ2v) is 6.15. The number of urea groups is 1. The number of halogens is 1. The van der Waals surface area contributed by atoms with E-state index in [9.17, 15) is 14.3 Å². The maximum atomic E-state index is 13.7. The van der Waals surface area contributed by atoms with E-state index in [2.05, 4.69) is 15.7 Å². The van der Waals surface area contributed by atoms with Crippen LogP contribution in [0.2, 0.25) is 0 Å². The monoisotopic (exact) mass is 332 g/mol. The lowest BCUT2D eigenvalue weighted by atomic mass is 9.87. The third-order valence-electron chi connectivity index (χ3n) is 4.25. The molecule has 7 heteroatoms. The normalized spacial score (nSPS) is 20.6. The van der Waals surface area contributed by atoms with Gasteiger partial charge in [0.25, 0.3) is 0 Å². The maximum Gasteiger partial charge on any atom is 0.319 e. The number of aliphatic hydroxyl groups is 1. The molecule has 1 heterocycles. The van der Waals surface area contributed by atoms with Crippen LogP contribution in [0.25, 0.3) is 5.69 Å². The summed E-state index contributed by atoms with van der Waals surface area (Å²) in [6.45, 7) is 0.532. The zero-order chi connectivity index (χ0) is 16.9. The van der Waals surface area contributed by atoms with Gasteiger partial charge in [0, 0.05) is 6.54 Å². The Balaban J connectivity index is 1.53. The number of nitrogens with zero attached hydrogens (tertiary/aromatic N) is 2. The number of para-hydroxylation sites is 1. The Morgan fingerprint density at radius 3 is 3.00 bits per heavy atom. The van der Waals surface area contributed by atoms with Crippen molar-refractivity contribution in [3.63, 3.8) is 0 Å². The minimum absolute atomic E-state index is 0.257. The summed E-state index contributed by atoms with van der Waals surface area (Å²) in [6.07, 6.45) is 6.35. The first-order chi connectivity index (χ1) is 11.6. The highest BCUT2D eigenvalue weighted by Crippen LogP contribution is 2.23. The number of rotatable bonds is 4. The number of amides is 2. The molecule has 0 bridgehead atoms. The number of carbonyl (C=O) groups excluding carboxylic acids is 1. The van der Waals surface area contributed by atoms with E-state index in [1.807, 2.05) is 0 Å². The smallest absolute Gasteiger partial charge is 0.319 e. The SMILES string of the molecule is O=C(NCC1CCCC(O)C1)Nc1cnn(-c2ccccc2F)c1. The third-order valence-corrected chi connectivity index (χ3v) is 4.25. The molecule has 0 radical (unpaired) electrons. The summed E-state index contributed by atoms with van der Waals surface area (Å²) in [6, 6.07) is 5.97. The largest absolute Gasteiger partial charge is 0.393 e. The van der Waals surface area contributed by atoms with Gasteiger partial charge in [0.05, 0.1) is 24.2 Å². The lowest BCUT2D eigenvalue weighted by Crippen LogP contribution is -2.35. The summed E-state index contributed by atoms with van der Waals surface area (Å²) < 4.78 is 15.1. The lowest BCUT2D eigenvalue weighted by Gasteiger charge is -2.25. The van der Waals surface area contributed by atoms with E-state index in [4.69, 9.17) is 0 Å².